The van der Waals surface area contributed by atoms with E-state index in [1.54, 1.807) is 42.7 Å². The average molecular weight is 1020 g/mol. The molecule has 0 saturated heterocycles. The number of fused-ring (bicyclic) bond motifs is 2. The number of hydrogen-bond donors (Lipinski definition) is 1. The first-order valence-corrected chi connectivity index (χ1v) is 27.9. The smallest absolute Gasteiger partial charge is 0.252 e. The van der Waals surface area contributed by atoms with Crippen LogP contribution in [-0.2, 0) is 34.7 Å². The van der Waals surface area contributed by atoms with Crippen molar-refractivity contribution >= 4 is 76.5 Å². The number of nitrogens with one attached hydrogen (secondary N) is 1. The van der Waals surface area contributed by atoms with E-state index in [1.807, 2.05) is 107 Å². The fraction of sp³-hybridized carbons (Fsp3) is 0.210. The Morgan fingerprint density at radius 1 is 0.595 bits per heavy atom. The summed E-state index contributed by atoms with van der Waals surface area (Å²) in [6.45, 7) is 15.4. The molecule has 0 aliphatic carbocycles. The largest absolute Gasteiger partial charge is 0.347 e. The Labute approximate surface area is 435 Å². The highest BCUT2D eigenvalue weighted by Crippen LogP contribution is 2.36. The Balaban J connectivity index is 0.000000219. The van der Waals surface area contributed by atoms with Gasteiger partial charge in [-0.1, -0.05) is 86.6 Å². The number of nitrogens with zero attached hydrogens (tertiary/aromatic N) is 3. The van der Waals surface area contributed by atoms with E-state index in [4.69, 9.17) is 0 Å². The molecule has 0 bridgehead atoms. The van der Waals surface area contributed by atoms with Crippen LogP contribution < -0.4 is 5.32 Å². The molecular weight excluding hydrogens is 961 g/mol. The molecule has 0 aliphatic rings. The number of amides is 1. The quantitative estimate of drug-likeness (QED) is 0.0926. The second-order valence-electron chi connectivity index (χ2n) is 20.4. The van der Waals surface area contributed by atoms with Gasteiger partial charge in [-0.05, 0) is 177 Å². The van der Waals surface area contributed by atoms with Gasteiger partial charge in [0.1, 0.15) is 0 Å². The van der Waals surface area contributed by atoms with Crippen LogP contribution in [-0.4, -0.2) is 56.5 Å². The number of nitriles is 1. The topological polar surface area (TPSA) is 164 Å². The summed E-state index contributed by atoms with van der Waals surface area (Å²) in [4.78, 5) is 35.6. The molecule has 2 aromatic heterocycles. The van der Waals surface area contributed by atoms with Crippen LogP contribution in [0.5, 0.6) is 0 Å². The van der Waals surface area contributed by atoms with Crippen molar-refractivity contribution < 1.29 is 26.4 Å². The number of hydrogen-bond acceptors (Lipinski definition) is 9. The Morgan fingerprint density at radius 3 is 1.50 bits per heavy atom. The lowest BCUT2D eigenvalue weighted by atomic mass is 9.83. The van der Waals surface area contributed by atoms with Crippen molar-refractivity contribution in [2.24, 2.45) is 0 Å². The third kappa shape index (κ3) is 13.0. The zero-order valence-corrected chi connectivity index (χ0v) is 45.0. The van der Waals surface area contributed by atoms with E-state index in [0.717, 1.165) is 67.0 Å². The number of sulfone groups is 2. The Hall–Kier alpha value is -7.85. The van der Waals surface area contributed by atoms with E-state index in [0.29, 0.717) is 28.2 Å². The lowest BCUT2D eigenvalue weighted by Gasteiger charge is -2.22. The van der Waals surface area contributed by atoms with Crippen LogP contribution in [0.3, 0.4) is 0 Å². The van der Waals surface area contributed by atoms with Crippen molar-refractivity contribution in [1.29, 1.82) is 5.26 Å². The summed E-state index contributed by atoms with van der Waals surface area (Å²) in [5.41, 5.74) is 10.5. The number of aromatic nitrogens is 2. The van der Waals surface area contributed by atoms with Crippen molar-refractivity contribution in [3.8, 4) is 28.3 Å². The molecule has 0 atom stereocenters. The summed E-state index contributed by atoms with van der Waals surface area (Å²) in [7, 11) is -6.67. The third-order valence-electron chi connectivity index (χ3n) is 12.4. The third-order valence-corrected chi connectivity index (χ3v) is 14.7. The van der Waals surface area contributed by atoms with Gasteiger partial charge >= 0.3 is 0 Å². The van der Waals surface area contributed by atoms with Gasteiger partial charge in [-0.2, -0.15) is 5.26 Å². The summed E-state index contributed by atoms with van der Waals surface area (Å²) in [6, 6.07) is 47.3. The van der Waals surface area contributed by atoms with Gasteiger partial charge in [-0.25, -0.2) is 16.8 Å². The molecule has 0 aliphatic heterocycles. The van der Waals surface area contributed by atoms with Gasteiger partial charge in [-0.15, -0.1) is 0 Å². The second-order valence-corrected chi connectivity index (χ2v) is 24.4. The summed E-state index contributed by atoms with van der Waals surface area (Å²) >= 11 is 0. The summed E-state index contributed by atoms with van der Waals surface area (Å²) in [6.07, 6.45) is 9.53. The lowest BCUT2D eigenvalue weighted by molar-refractivity contribution is -0.117. The van der Waals surface area contributed by atoms with E-state index in [2.05, 4.69) is 65.5 Å². The van der Waals surface area contributed by atoms with Gasteiger partial charge in [0, 0.05) is 63.5 Å². The van der Waals surface area contributed by atoms with E-state index in [9.17, 15) is 31.7 Å². The maximum Gasteiger partial charge on any atom is 0.252 e. The molecule has 6 aromatic carbocycles. The number of allylic oxidation sites excluding steroid dienone is 1. The predicted molar refractivity (Wildman–Crippen MR) is 301 cm³/mol. The minimum absolute atomic E-state index is 0.0913. The molecule has 0 spiro atoms. The number of benzene rings is 6. The number of carbonyl (C=O) groups excluding carboxylic acids is 2. The molecule has 74 heavy (non-hydrogen) atoms. The molecule has 0 radical (unpaired) electrons. The van der Waals surface area contributed by atoms with E-state index >= 15 is 0 Å². The molecule has 8 rings (SSSR count). The summed E-state index contributed by atoms with van der Waals surface area (Å²) < 4.78 is 47.5. The predicted octanol–water partition coefficient (Wildman–Crippen LogP) is 13.1. The first-order valence-electron chi connectivity index (χ1n) is 24.1. The minimum atomic E-state index is -3.37. The number of ketones is 1. The van der Waals surface area contributed by atoms with Gasteiger partial charge in [0.25, 0.3) is 5.91 Å². The van der Waals surface area contributed by atoms with Crippen LogP contribution in [0.2, 0.25) is 0 Å². The van der Waals surface area contributed by atoms with Gasteiger partial charge in [-0.3, -0.25) is 19.6 Å². The van der Waals surface area contributed by atoms with Gasteiger partial charge in [0.05, 0.1) is 32.3 Å². The van der Waals surface area contributed by atoms with Gasteiger partial charge in [0.2, 0.25) is 0 Å². The fourth-order valence-corrected chi connectivity index (χ4v) is 9.63. The average Bonchev–Trinajstić information content (AvgIpc) is 3.36. The number of pyridine rings is 2. The highest BCUT2D eigenvalue weighted by Gasteiger charge is 2.23. The van der Waals surface area contributed by atoms with Crippen molar-refractivity contribution in [3.05, 3.63) is 191 Å². The van der Waals surface area contributed by atoms with Crippen LogP contribution in [0, 0.1) is 11.3 Å². The minimum Gasteiger partial charge on any atom is -0.347 e. The first kappa shape index (κ1) is 53.9. The second kappa shape index (κ2) is 21.7. The van der Waals surface area contributed by atoms with Gasteiger partial charge in [0.15, 0.2) is 25.5 Å². The Kier molecular flexibility index (Phi) is 15.8. The highest BCUT2D eigenvalue weighted by molar-refractivity contribution is 7.91. The van der Waals surface area contributed by atoms with Crippen molar-refractivity contribution in [2.45, 2.75) is 82.1 Å². The monoisotopic (exact) mass is 1020 g/mol. The highest BCUT2D eigenvalue weighted by atomic mass is 32.2. The number of rotatable bonds is 12. The molecule has 8 aromatic rings. The van der Waals surface area contributed by atoms with Gasteiger partial charge < -0.3 is 5.32 Å². The normalized spacial score (nSPS) is 12.5. The standard InChI is InChI=1S/C33H33N3O3S.C29H27NO3S/c1-32(2,3)36-31(37)29(23-12-14-27(15-13-23)40(6,38)39)18-22-9-7-10-24(17-22)28-20-26(33(4,5)21-34)19-25-11-8-16-35-30(25)28;1-19(2)25-17-24-9-6-14-30-29(24)28(18-25)23-8-5-7-21(15-23)16-27(20(3)31)22-10-12-26(13-11-22)34(4,32)33/h7-20H,1-6H3,(H,36,37);5-19H,1-4H3/b29-18+;27-16-. The lowest BCUT2D eigenvalue weighted by Crippen LogP contribution is -2.41. The molecule has 2 heterocycles. The number of Topliss-reactive ketones (excluding diaryl/α,β-unsaturated/α-hetero) is 1. The molecule has 10 nitrogen and oxygen atoms in total. The summed E-state index contributed by atoms with van der Waals surface area (Å²) in [5.74, 6) is 0.0204. The Bertz CT molecular complexity index is 3790. The van der Waals surface area contributed by atoms with E-state index in [1.165, 1.54) is 43.0 Å². The zero-order chi connectivity index (χ0) is 53.8. The maximum absolute atomic E-state index is 13.4. The number of carbonyl (C=O) groups is 2. The van der Waals surface area contributed by atoms with Crippen molar-refractivity contribution in [1.82, 2.24) is 15.3 Å². The molecule has 1 N–H and O–H groups in total. The summed E-state index contributed by atoms with van der Waals surface area (Å²) in [5, 5.41) is 14.8. The van der Waals surface area contributed by atoms with E-state index in [-0.39, 0.29) is 21.5 Å². The molecule has 376 valence electrons. The molecule has 12 heteroatoms. The van der Waals surface area contributed by atoms with Crippen LogP contribution in [0.1, 0.15) is 94.7 Å². The molecular formula is C62H60N4O6S2. The van der Waals surface area contributed by atoms with Crippen LogP contribution >= 0.6 is 0 Å². The van der Waals surface area contributed by atoms with Crippen LogP contribution in [0.25, 0.3) is 67.4 Å². The molecule has 0 fully saturated rings. The first-order chi connectivity index (χ1) is 34.8. The van der Waals surface area contributed by atoms with Crippen LogP contribution in [0.4, 0.5) is 0 Å². The Morgan fingerprint density at radius 2 is 1.05 bits per heavy atom. The van der Waals surface area contributed by atoms with Crippen molar-refractivity contribution in [2.75, 3.05) is 12.5 Å². The molecule has 1 amide bonds. The maximum atomic E-state index is 13.4. The SMILES string of the molecule is CC(=O)/C(=C/c1cccc(-c2cc(C(C)C)cc3cccnc23)c1)c1ccc(S(C)(=O)=O)cc1.CC(C)(C)NC(=O)/C(=C/c1cccc(-c2cc(C(C)(C)C#N)cc3cccnc23)c1)c1ccc(S(C)(=O)=O)cc1. The molecule has 0 unspecified atom stereocenters. The molecule has 0 saturated carbocycles. The van der Waals surface area contributed by atoms with Crippen LogP contribution in [0.15, 0.2) is 168 Å². The fourth-order valence-electron chi connectivity index (χ4n) is 8.37. The zero-order valence-electron chi connectivity index (χ0n) is 43.4. The van der Waals surface area contributed by atoms with Crippen molar-refractivity contribution in [3.63, 3.8) is 0 Å². The van der Waals surface area contributed by atoms with E-state index < -0.39 is 30.6 Å².